The van der Waals surface area contributed by atoms with Crippen molar-refractivity contribution < 1.29 is 0 Å². The molecule has 0 aliphatic heterocycles. The molecule has 0 spiro atoms. The van der Waals surface area contributed by atoms with Gasteiger partial charge in [0, 0.05) is 0 Å². The molecule has 0 heteroatoms. The molecule has 0 heterocycles. The van der Waals surface area contributed by atoms with Crippen LogP contribution in [0, 0.1) is 0 Å². The summed E-state index contributed by atoms with van der Waals surface area (Å²) in [6.45, 7) is 4.52. The van der Waals surface area contributed by atoms with Gasteiger partial charge >= 0.3 is 0 Å². The summed E-state index contributed by atoms with van der Waals surface area (Å²) >= 11 is 0. The fourth-order valence-corrected chi connectivity index (χ4v) is 1.71. The molecular weight excluding hydrogens is 192 g/mol. The van der Waals surface area contributed by atoms with E-state index < -0.39 is 0 Å². The van der Waals surface area contributed by atoms with Gasteiger partial charge < -0.3 is 0 Å². The first-order valence-corrected chi connectivity index (χ1v) is 7.21. The van der Waals surface area contributed by atoms with E-state index >= 15 is 0 Å². The fourth-order valence-electron chi connectivity index (χ4n) is 1.71. The smallest absolute Gasteiger partial charge is 0.0169 e. The van der Waals surface area contributed by atoms with Crippen LogP contribution in [0.15, 0.2) is 24.3 Å². The Hall–Kier alpha value is -0.520. The van der Waals surface area contributed by atoms with E-state index in [9.17, 15) is 0 Å². The number of unbranched alkanes of at least 4 members (excludes halogenated alkanes) is 7. The predicted molar refractivity (Wildman–Crippen MR) is 75.8 cm³/mol. The first-order valence-electron chi connectivity index (χ1n) is 7.21. The summed E-state index contributed by atoms with van der Waals surface area (Å²) < 4.78 is 0. The molecule has 94 valence electrons. The molecule has 16 heavy (non-hydrogen) atoms. The zero-order chi connectivity index (χ0) is 11.9. The van der Waals surface area contributed by atoms with E-state index in [-0.39, 0.29) is 0 Å². The van der Waals surface area contributed by atoms with Crippen LogP contribution in [0.4, 0.5) is 0 Å². The van der Waals surface area contributed by atoms with Gasteiger partial charge in [-0.15, -0.1) is 0 Å². The second-order valence-electron chi connectivity index (χ2n) is 4.52. The second kappa shape index (κ2) is 14.5. The summed E-state index contributed by atoms with van der Waals surface area (Å²) in [7, 11) is 0. The molecule has 0 fully saturated rings. The van der Waals surface area contributed by atoms with Crippen molar-refractivity contribution >= 4 is 0 Å². The molecule has 0 radical (unpaired) electrons. The molecule has 0 aromatic carbocycles. The van der Waals surface area contributed by atoms with Crippen LogP contribution in [0.1, 0.15) is 78.1 Å². The van der Waals surface area contributed by atoms with Crippen LogP contribution in [0.25, 0.3) is 0 Å². The Balaban J connectivity index is 3.14. The third kappa shape index (κ3) is 13.5. The molecule has 0 nitrogen and oxygen atoms in total. The van der Waals surface area contributed by atoms with Crippen molar-refractivity contribution in [3.05, 3.63) is 24.3 Å². The van der Waals surface area contributed by atoms with Crippen LogP contribution in [0.5, 0.6) is 0 Å². The van der Waals surface area contributed by atoms with Crippen LogP contribution in [0.2, 0.25) is 0 Å². The molecule has 0 aliphatic carbocycles. The van der Waals surface area contributed by atoms with Gasteiger partial charge in [0.15, 0.2) is 0 Å². The largest absolute Gasteiger partial charge is 0.0882 e. The first kappa shape index (κ1) is 15.5. The Morgan fingerprint density at radius 2 is 1.06 bits per heavy atom. The van der Waals surface area contributed by atoms with Crippen LogP contribution in [-0.4, -0.2) is 0 Å². The van der Waals surface area contributed by atoms with E-state index in [4.69, 9.17) is 0 Å². The van der Waals surface area contributed by atoms with Gasteiger partial charge in [0.05, 0.1) is 0 Å². The molecule has 0 N–H and O–H groups in total. The third-order valence-electron chi connectivity index (χ3n) is 2.80. The standard InChI is InChI=1S/C16H30/c1-3-5-7-9-11-13-15-16-14-12-10-8-6-4-2/h11,13-14,16H,3-10,12,15H2,1-2H3/b13-11+,16-14+. The highest BCUT2D eigenvalue weighted by Gasteiger charge is 1.84. The van der Waals surface area contributed by atoms with E-state index in [2.05, 4.69) is 38.2 Å². The molecule has 0 aromatic heterocycles. The van der Waals surface area contributed by atoms with Gasteiger partial charge in [-0.25, -0.2) is 0 Å². The number of hydrogen-bond donors (Lipinski definition) is 0. The summed E-state index contributed by atoms with van der Waals surface area (Å²) in [4.78, 5) is 0. The number of rotatable bonds is 11. The Kier molecular flexibility index (Phi) is 14.0. The normalized spacial score (nSPS) is 11.9. The lowest BCUT2D eigenvalue weighted by atomic mass is 10.1. The lowest BCUT2D eigenvalue weighted by Crippen LogP contribution is -1.73. The van der Waals surface area contributed by atoms with E-state index in [1.165, 1.54) is 57.8 Å². The van der Waals surface area contributed by atoms with Gasteiger partial charge in [-0.05, 0) is 32.1 Å². The number of allylic oxidation sites excluding steroid dienone is 4. The van der Waals surface area contributed by atoms with Crippen LogP contribution < -0.4 is 0 Å². The maximum Gasteiger partial charge on any atom is -0.0169 e. The molecule has 0 rings (SSSR count). The molecular formula is C16H30. The fraction of sp³-hybridized carbons (Fsp3) is 0.750. The SMILES string of the molecule is CCCCC/C=C/C/C=C/CCCCCC. The average Bonchev–Trinajstić information content (AvgIpc) is 2.31. The highest BCUT2D eigenvalue weighted by Crippen LogP contribution is 2.04. The van der Waals surface area contributed by atoms with Gasteiger partial charge in [-0.1, -0.05) is 70.3 Å². The predicted octanol–water partition coefficient (Wildman–Crippen LogP) is 6.04. The highest BCUT2D eigenvalue weighted by atomic mass is 13.9. The lowest BCUT2D eigenvalue weighted by molar-refractivity contribution is 0.674. The Labute approximate surface area is 103 Å². The monoisotopic (exact) mass is 222 g/mol. The van der Waals surface area contributed by atoms with E-state index in [1.54, 1.807) is 0 Å². The second-order valence-corrected chi connectivity index (χ2v) is 4.52. The van der Waals surface area contributed by atoms with Gasteiger partial charge in [0.1, 0.15) is 0 Å². The van der Waals surface area contributed by atoms with Crippen LogP contribution >= 0.6 is 0 Å². The van der Waals surface area contributed by atoms with Crippen LogP contribution in [0.3, 0.4) is 0 Å². The summed E-state index contributed by atoms with van der Waals surface area (Å²) in [5, 5.41) is 0. The topological polar surface area (TPSA) is 0 Å². The van der Waals surface area contributed by atoms with Gasteiger partial charge in [0.25, 0.3) is 0 Å². The zero-order valence-electron chi connectivity index (χ0n) is 11.4. The molecule has 0 saturated heterocycles. The zero-order valence-corrected chi connectivity index (χ0v) is 11.4. The Morgan fingerprint density at radius 3 is 1.62 bits per heavy atom. The van der Waals surface area contributed by atoms with Crippen molar-refractivity contribution in [3.8, 4) is 0 Å². The molecule has 0 amide bonds. The van der Waals surface area contributed by atoms with Crippen molar-refractivity contribution in [2.24, 2.45) is 0 Å². The van der Waals surface area contributed by atoms with E-state index in [1.807, 2.05) is 0 Å². The Morgan fingerprint density at radius 1 is 0.562 bits per heavy atom. The summed E-state index contributed by atoms with van der Waals surface area (Å²) in [5.41, 5.74) is 0. The van der Waals surface area contributed by atoms with Crippen molar-refractivity contribution in [2.45, 2.75) is 78.1 Å². The minimum Gasteiger partial charge on any atom is -0.0882 e. The quantitative estimate of drug-likeness (QED) is 0.295. The van der Waals surface area contributed by atoms with Crippen molar-refractivity contribution in [1.82, 2.24) is 0 Å². The Bertz CT molecular complexity index is 165. The highest BCUT2D eigenvalue weighted by molar-refractivity contribution is 4.92. The van der Waals surface area contributed by atoms with Crippen molar-refractivity contribution in [1.29, 1.82) is 0 Å². The van der Waals surface area contributed by atoms with Gasteiger partial charge in [0.2, 0.25) is 0 Å². The minimum absolute atomic E-state index is 1.12. The van der Waals surface area contributed by atoms with Gasteiger partial charge in [-0.2, -0.15) is 0 Å². The maximum absolute atomic E-state index is 2.34. The van der Waals surface area contributed by atoms with Crippen molar-refractivity contribution in [3.63, 3.8) is 0 Å². The summed E-state index contributed by atoms with van der Waals surface area (Å²) in [6.07, 6.45) is 22.5. The molecule has 0 atom stereocenters. The molecule has 0 aromatic rings. The maximum atomic E-state index is 2.34. The number of hydrogen-bond acceptors (Lipinski definition) is 0. The first-order chi connectivity index (χ1) is 7.91. The minimum atomic E-state index is 1.12. The van der Waals surface area contributed by atoms with E-state index in [0.29, 0.717) is 0 Å². The molecule has 0 aliphatic rings. The summed E-state index contributed by atoms with van der Waals surface area (Å²) in [5.74, 6) is 0. The average molecular weight is 222 g/mol. The van der Waals surface area contributed by atoms with E-state index in [0.717, 1.165) is 6.42 Å². The third-order valence-corrected chi connectivity index (χ3v) is 2.80. The van der Waals surface area contributed by atoms with Crippen LogP contribution in [-0.2, 0) is 0 Å². The molecule has 0 saturated carbocycles. The molecule has 0 bridgehead atoms. The van der Waals surface area contributed by atoms with Crippen molar-refractivity contribution in [2.75, 3.05) is 0 Å². The lowest BCUT2D eigenvalue weighted by Gasteiger charge is -1.93. The van der Waals surface area contributed by atoms with Gasteiger partial charge in [-0.3, -0.25) is 0 Å². The summed E-state index contributed by atoms with van der Waals surface area (Å²) in [6, 6.07) is 0. The molecule has 0 unspecified atom stereocenters.